The summed E-state index contributed by atoms with van der Waals surface area (Å²) in [4.78, 5) is 8.46. The average molecular weight is 222 g/mol. The van der Waals surface area contributed by atoms with E-state index in [1.807, 2.05) is 0 Å². The summed E-state index contributed by atoms with van der Waals surface area (Å²) < 4.78 is 5.36. The molecule has 0 bridgehead atoms. The summed E-state index contributed by atoms with van der Waals surface area (Å²) in [6.45, 7) is 4.38. The minimum Gasteiger partial charge on any atom is -0.375 e. The molecule has 0 atom stereocenters. The largest absolute Gasteiger partial charge is 0.375 e. The van der Waals surface area contributed by atoms with Crippen LogP contribution in [0.15, 0.2) is 0 Å². The summed E-state index contributed by atoms with van der Waals surface area (Å²) in [5, 5.41) is 3.33. The molecule has 1 aliphatic rings. The third-order valence-corrected chi connectivity index (χ3v) is 2.67. The third-order valence-electron chi connectivity index (χ3n) is 2.67. The Bertz CT molecular complexity index is 367. The van der Waals surface area contributed by atoms with Gasteiger partial charge in [0, 0.05) is 18.5 Å². The standard InChI is InChI=1S/C11H18N4O/c1-2-3-5-13-10-8-4-6-16-7-9(8)14-11(12)15-10/h2-7H2,1H3,(H3,12,13,14,15). The topological polar surface area (TPSA) is 73.1 Å². The minimum absolute atomic E-state index is 0.322. The number of nitrogens with two attached hydrogens (primary N) is 1. The number of ether oxygens (including phenoxy) is 1. The lowest BCUT2D eigenvalue weighted by atomic mass is 10.1. The first-order chi connectivity index (χ1) is 7.81. The number of nitrogen functional groups attached to an aromatic ring is 1. The van der Waals surface area contributed by atoms with Gasteiger partial charge in [0.05, 0.1) is 18.9 Å². The fourth-order valence-corrected chi connectivity index (χ4v) is 1.80. The van der Waals surface area contributed by atoms with Gasteiger partial charge in [0.15, 0.2) is 0 Å². The van der Waals surface area contributed by atoms with Crippen molar-refractivity contribution >= 4 is 11.8 Å². The molecule has 0 spiro atoms. The first-order valence-electron chi connectivity index (χ1n) is 5.78. The number of hydrogen-bond donors (Lipinski definition) is 2. The number of aromatic nitrogens is 2. The van der Waals surface area contributed by atoms with E-state index in [-0.39, 0.29) is 0 Å². The van der Waals surface area contributed by atoms with Crippen molar-refractivity contribution in [1.29, 1.82) is 0 Å². The summed E-state index contributed by atoms with van der Waals surface area (Å²) in [6, 6.07) is 0. The van der Waals surface area contributed by atoms with E-state index in [2.05, 4.69) is 22.2 Å². The molecule has 0 unspecified atom stereocenters. The molecule has 5 heteroatoms. The Hall–Kier alpha value is -1.36. The van der Waals surface area contributed by atoms with Crippen molar-refractivity contribution in [2.75, 3.05) is 24.2 Å². The Balaban J connectivity index is 2.18. The van der Waals surface area contributed by atoms with Crippen molar-refractivity contribution in [3.63, 3.8) is 0 Å². The highest BCUT2D eigenvalue weighted by Crippen LogP contribution is 2.22. The summed E-state index contributed by atoms with van der Waals surface area (Å²) >= 11 is 0. The summed E-state index contributed by atoms with van der Waals surface area (Å²) in [7, 11) is 0. The van der Waals surface area contributed by atoms with E-state index in [1.54, 1.807) is 0 Å². The zero-order valence-corrected chi connectivity index (χ0v) is 9.62. The van der Waals surface area contributed by atoms with Gasteiger partial charge >= 0.3 is 0 Å². The molecule has 3 N–H and O–H groups in total. The van der Waals surface area contributed by atoms with Gasteiger partial charge in [0.2, 0.25) is 5.95 Å². The number of anilines is 2. The van der Waals surface area contributed by atoms with Crippen molar-refractivity contribution in [1.82, 2.24) is 9.97 Å². The summed E-state index contributed by atoms with van der Waals surface area (Å²) in [5.41, 5.74) is 7.76. The monoisotopic (exact) mass is 222 g/mol. The highest BCUT2D eigenvalue weighted by Gasteiger charge is 2.16. The molecule has 0 saturated heterocycles. The molecular weight excluding hydrogens is 204 g/mol. The Kier molecular flexibility index (Phi) is 3.56. The Morgan fingerprint density at radius 1 is 1.44 bits per heavy atom. The van der Waals surface area contributed by atoms with Crippen molar-refractivity contribution in [2.24, 2.45) is 0 Å². The molecular formula is C11H18N4O. The van der Waals surface area contributed by atoms with Crippen LogP contribution in [0.4, 0.5) is 11.8 Å². The zero-order chi connectivity index (χ0) is 11.4. The van der Waals surface area contributed by atoms with E-state index >= 15 is 0 Å². The molecule has 1 aliphatic heterocycles. The van der Waals surface area contributed by atoms with Gasteiger partial charge in [-0.05, 0) is 6.42 Å². The van der Waals surface area contributed by atoms with Crippen LogP contribution in [0.2, 0.25) is 0 Å². The van der Waals surface area contributed by atoms with Gasteiger partial charge < -0.3 is 15.8 Å². The number of unbranched alkanes of at least 4 members (excludes halogenated alkanes) is 1. The molecule has 5 nitrogen and oxygen atoms in total. The SMILES string of the molecule is CCCCNc1nc(N)nc2c1CCOC2. The number of hydrogen-bond acceptors (Lipinski definition) is 5. The van der Waals surface area contributed by atoms with Gasteiger partial charge in [-0.25, -0.2) is 4.98 Å². The van der Waals surface area contributed by atoms with Crippen LogP contribution in [-0.4, -0.2) is 23.1 Å². The molecule has 2 rings (SSSR count). The number of nitrogens with zero attached hydrogens (tertiary/aromatic N) is 2. The van der Waals surface area contributed by atoms with Crippen LogP contribution in [0.25, 0.3) is 0 Å². The van der Waals surface area contributed by atoms with Crippen LogP contribution < -0.4 is 11.1 Å². The summed E-state index contributed by atoms with van der Waals surface area (Å²) in [6.07, 6.45) is 3.16. The molecule has 16 heavy (non-hydrogen) atoms. The van der Waals surface area contributed by atoms with Crippen LogP contribution in [-0.2, 0) is 17.8 Å². The molecule has 0 aliphatic carbocycles. The smallest absolute Gasteiger partial charge is 0.222 e. The average Bonchev–Trinajstić information content (AvgIpc) is 2.29. The second kappa shape index (κ2) is 5.12. The molecule has 0 amide bonds. The second-order valence-electron chi connectivity index (χ2n) is 3.94. The molecule has 0 radical (unpaired) electrons. The minimum atomic E-state index is 0.322. The maximum Gasteiger partial charge on any atom is 0.222 e. The Morgan fingerprint density at radius 3 is 3.12 bits per heavy atom. The van der Waals surface area contributed by atoms with Crippen molar-refractivity contribution < 1.29 is 4.74 Å². The number of fused-ring (bicyclic) bond motifs is 1. The lowest BCUT2D eigenvalue weighted by molar-refractivity contribution is 0.107. The van der Waals surface area contributed by atoms with Crippen molar-refractivity contribution in [3.05, 3.63) is 11.3 Å². The van der Waals surface area contributed by atoms with E-state index < -0.39 is 0 Å². The molecule has 1 aromatic rings. The van der Waals surface area contributed by atoms with Crippen LogP contribution in [0, 0.1) is 0 Å². The highest BCUT2D eigenvalue weighted by molar-refractivity contribution is 5.50. The van der Waals surface area contributed by atoms with E-state index in [0.29, 0.717) is 12.6 Å². The maximum atomic E-state index is 5.67. The van der Waals surface area contributed by atoms with E-state index in [0.717, 1.165) is 43.1 Å². The Morgan fingerprint density at radius 2 is 2.31 bits per heavy atom. The maximum absolute atomic E-state index is 5.67. The van der Waals surface area contributed by atoms with Crippen LogP contribution in [0.1, 0.15) is 31.0 Å². The van der Waals surface area contributed by atoms with E-state index in [4.69, 9.17) is 10.5 Å². The quantitative estimate of drug-likeness (QED) is 0.752. The molecule has 1 aromatic heterocycles. The third kappa shape index (κ3) is 2.41. The van der Waals surface area contributed by atoms with E-state index in [9.17, 15) is 0 Å². The van der Waals surface area contributed by atoms with Gasteiger partial charge in [0.25, 0.3) is 0 Å². The lowest BCUT2D eigenvalue weighted by Crippen LogP contribution is -2.18. The predicted molar refractivity (Wildman–Crippen MR) is 63.2 cm³/mol. The van der Waals surface area contributed by atoms with Gasteiger partial charge in [-0.2, -0.15) is 4.98 Å². The molecule has 0 aromatic carbocycles. The molecule has 2 heterocycles. The lowest BCUT2D eigenvalue weighted by Gasteiger charge is -2.19. The first kappa shape index (κ1) is 11.1. The van der Waals surface area contributed by atoms with Crippen LogP contribution in [0.5, 0.6) is 0 Å². The zero-order valence-electron chi connectivity index (χ0n) is 9.62. The molecule has 88 valence electrons. The fraction of sp³-hybridized carbons (Fsp3) is 0.636. The molecule has 0 fully saturated rings. The number of rotatable bonds is 4. The van der Waals surface area contributed by atoms with Gasteiger partial charge in [-0.1, -0.05) is 13.3 Å². The second-order valence-corrected chi connectivity index (χ2v) is 3.94. The van der Waals surface area contributed by atoms with Gasteiger partial charge in [-0.15, -0.1) is 0 Å². The van der Waals surface area contributed by atoms with Crippen LogP contribution >= 0.6 is 0 Å². The molecule has 0 saturated carbocycles. The van der Waals surface area contributed by atoms with Gasteiger partial charge in [0.1, 0.15) is 5.82 Å². The highest BCUT2D eigenvalue weighted by atomic mass is 16.5. The normalized spacial score (nSPS) is 14.6. The predicted octanol–water partition coefficient (Wildman–Crippen LogP) is 1.34. The summed E-state index contributed by atoms with van der Waals surface area (Å²) in [5.74, 6) is 1.21. The van der Waals surface area contributed by atoms with Gasteiger partial charge in [-0.3, -0.25) is 0 Å². The first-order valence-corrected chi connectivity index (χ1v) is 5.78. The van der Waals surface area contributed by atoms with E-state index in [1.165, 1.54) is 6.42 Å². The fourth-order valence-electron chi connectivity index (χ4n) is 1.80. The number of nitrogens with one attached hydrogen (secondary N) is 1. The van der Waals surface area contributed by atoms with Crippen LogP contribution in [0.3, 0.4) is 0 Å². The van der Waals surface area contributed by atoms with Crippen molar-refractivity contribution in [2.45, 2.75) is 32.8 Å². The van der Waals surface area contributed by atoms with Crippen molar-refractivity contribution in [3.8, 4) is 0 Å². The Labute approximate surface area is 95.4 Å².